The minimum absolute atomic E-state index is 0.0173. The van der Waals surface area contributed by atoms with Crippen LogP contribution >= 0.6 is 23.2 Å². The third-order valence-corrected chi connectivity index (χ3v) is 8.92. The van der Waals surface area contributed by atoms with Crippen LogP contribution in [-0.4, -0.2) is 36.6 Å². The van der Waals surface area contributed by atoms with E-state index in [1.165, 1.54) is 34.2 Å². The van der Waals surface area contributed by atoms with Crippen molar-refractivity contribution in [2.45, 2.75) is 51.7 Å². The molecule has 11 heteroatoms. The number of ether oxygens (including phenoxy) is 1. The van der Waals surface area contributed by atoms with Crippen molar-refractivity contribution in [1.82, 2.24) is 9.78 Å². The Morgan fingerprint density at radius 2 is 2.00 bits per heavy atom. The van der Waals surface area contributed by atoms with Crippen molar-refractivity contribution in [2.75, 3.05) is 10.8 Å². The number of carbonyl (C=O) groups is 1. The molecule has 0 saturated heterocycles. The number of anilines is 1. The van der Waals surface area contributed by atoms with Crippen LogP contribution in [0, 0.1) is 11.7 Å². The predicted octanol–water partition coefficient (Wildman–Crippen LogP) is 6.48. The molecule has 38 heavy (non-hydrogen) atoms. The highest BCUT2D eigenvalue weighted by Gasteiger charge is 2.38. The Bertz CT molecular complexity index is 1500. The standard InChI is InChI=1S/C27H28Cl2FN3O4S/c1-5-32-15-25(27(29)31-32)38(35,36)33-14-24(16(2)11-18(4)34)37-23-10-9-19(13-22(23)33)12-17(3)26-20(28)7-6-8-21(26)30/h6-10,12-13,15-16,24H,5,11,14H2,1-4H3/b17-12+/t16-,24-/m0/s1. The summed E-state index contributed by atoms with van der Waals surface area (Å²) in [5.41, 5.74) is 1.76. The number of sulfonamides is 1. The van der Waals surface area contributed by atoms with Crippen LogP contribution in [0.25, 0.3) is 11.6 Å². The average molecular weight is 581 g/mol. The molecule has 0 bridgehead atoms. The summed E-state index contributed by atoms with van der Waals surface area (Å²) < 4.78 is 51.2. The molecule has 0 amide bonds. The van der Waals surface area contributed by atoms with Gasteiger partial charge >= 0.3 is 0 Å². The van der Waals surface area contributed by atoms with Gasteiger partial charge in [0.25, 0.3) is 10.0 Å². The number of hydrogen-bond donors (Lipinski definition) is 0. The Kier molecular flexibility index (Phi) is 8.20. The van der Waals surface area contributed by atoms with Gasteiger partial charge in [0.15, 0.2) is 5.15 Å². The van der Waals surface area contributed by atoms with E-state index in [1.807, 2.05) is 13.8 Å². The normalized spacial score (nSPS) is 16.7. The Hall–Kier alpha value is -2.88. The number of aromatic nitrogens is 2. The number of allylic oxidation sites excluding steroid dienone is 1. The lowest BCUT2D eigenvalue weighted by atomic mass is 9.97. The Morgan fingerprint density at radius 1 is 1.26 bits per heavy atom. The quantitative estimate of drug-likeness (QED) is 0.285. The molecule has 7 nitrogen and oxygen atoms in total. The van der Waals surface area contributed by atoms with Crippen molar-refractivity contribution in [2.24, 2.45) is 5.92 Å². The zero-order valence-corrected chi connectivity index (χ0v) is 23.7. The van der Waals surface area contributed by atoms with Gasteiger partial charge in [-0.3, -0.25) is 8.99 Å². The zero-order chi connectivity index (χ0) is 27.8. The number of Topliss-reactive ketones (excluding diaryl/α,β-unsaturated/α-hetero) is 1. The lowest BCUT2D eigenvalue weighted by molar-refractivity contribution is -0.118. The number of fused-ring (bicyclic) bond motifs is 1. The number of carbonyl (C=O) groups excluding carboxylic acids is 1. The highest BCUT2D eigenvalue weighted by Crippen LogP contribution is 2.41. The number of rotatable bonds is 8. The lowest BCUT2D eigenvalue weighted by Crippen LogP contribution is -2.46. The van der Waals surface area contributed by atoms with Gasteiger partial charge < -0.3 is 9.53 Å². The van der Waals surface area contributed by atoms with E-state index < -0.39 is 21.9 Å². The summed E-state index contributed by atoms with van der Waals surface area (Å²) in [4.78, 5) is 11.7. The maximum Gasteiger partial charge on any atom is 0.269 e. The maximum absolute atomic E-state index is 14.5. The Balaban J connectivity index is 1.82. The van der Waals surface area contributed by atoms with E-state index in [-0.39, 0.29) is 45.3 Å². The SMILES string of the molecule is CCn1cc(S(=O)(=O)N2C[C@@H]([C@@H](C)CC(C)=O)Oc3ccc(/C=C(\C)c4c(F)cccc4Cl)cc32)c(Cl)n1. The van der Waals surface area contributed by atoms with Crippen LogP contribution in [0.15, 0.2) is 47.5 Å². The predicted molar refractivity (Wildman–Crippen MR) is 148 cm³/mol. The summed E-state index contributed by atoms with van der Waals surface area (Å²) in [7, 11) is -4.15. The topological polar surface area (TPSA) is 81.5 Å². The number of hydrogen-bond acceptors (Lipinski definition) is 5. The molecule has 3 aromatic rings. The first-order valence-electron chi connectivity index (χ1n) is 12.1. The van der Waals surface area contributed by atoms with E-state index in [0.29, 0.717) is 29.1 Å². The monoisotopic (exact) mass is 579 g/mol. The lowest BCUT2D eigenvalue weighted by Gasteiger charge is -2.37. The molecule has 1 aliphatic heterocycles. The molecular weight excluding hydrogens is 552 g/mol. The summed E-state index contributed by atoms with van der Waals surface area (Å²) in [6.45, 7) is 7.31. The van der Waals surface area contributed by atoms with Crippen molar-refractivity contribution in [1.29, 1.82) is 0 Å². The molecule has 0 radical (unpaired) electrons. The Labute approximate surface area is 231 Å². The van der Waals surface area contributed by atoms with E-state index in [4.69, 9.17) is 27.9 Å². The fourth-order valence-corrected chi connectivity index (χ4v) is 6.76. The van der Waals surface area contributed by atoms with E-state index >= 15 is 0 Å². The zero-order valence-electron chi connectivity index (χ0n) is 21.4. The number of ketones is 1. The van der Waals surface area contributed by atoms with Gasteiger partial charge in [-0.05, 0) is 56.2 Å². The van der Waals surface area contributed by atoms with Crippen LogP contribution in [0.1, 0.15) is 45.2 Å². The van der Waals surface area contributed by atoms with Gasteiger partial charge in [-0.15, -0.1) is 0 Å². The highest BCUT2D eigenvalue weighted by atomic mass is 35.5. The summed E-state index contributed by atoms with van der Waals surface area (Å²) >= 11 is 12.5. The van der Waals surface area contributed by atoms with Crippen LogP contribution in [0.5, 0.6) is 5.75 Å². The molecule has 0 N–H and O–H groups in total. The molecule has 1 aromatic heterocycles. The van der Waals surface area contributed by atoms with Gasteiger partial charge in [0.1, 0.15) is 28.3 Å². The molecule has 2 atom stereocenters. The second kappa shape index (κ2) is 11.1. The van der Waals surface area contributed by atoms with Gasteiger partial charge in [-0.25, -0.2) is 12.8 Å². The second-order valence-corrected chi connectivity index (χ2v) is 12.0. The van der Waals surface area contributed by atoms with E-state index in [0.717, 1.165) is 0 Å². The number of benzene rings is 2. The molecule has 0 spiro atoms. The molecule has 2 heterocycles. The smallest absolute Gasteiger partial charge is 0.269 e. The Morgan fingerprint density at radius 3 is 2.63 bits per heavy atom. The third kappa shape index (κ3) is 5.60. The summed E-state index contributed by atoms with van der Waals surface area (Å²) in [6.07, 6.45) is 2.80. The molecule has 0 unspecified atom stereocenters. The fraction of sp³-hybridized carbons (Fsp3) is 0.333. The molecule has 0 aliphatic carbocycles. The average Bonchev–Trinajstić information content (AvgIpc) is 3.24. The number of halogens is 3. The van der Waals surface area contributed by atoms with Crippen molar-refractivity contribution < 1.29 is 22.3 Å². The molecule has 1 aliphatic rings. The van der Waals surface area contributed by atoms with Crippen LogP contribution in [0.3, 0.4) is 0 Å². The second-order valence-electron chi connectivity index (χ2n) is 9.37. The first kappa shape index (κ1) is 28.1. The molecule has 2 aromatic carbocycles. The van der Waals surface area contributed by atoms with E-state index in [1.54, 1.807) is 37.3 Å². The minimum Gasteiger partial charge on any atom is -0.486 e. The fourth-order valence-electron chi connectivity index (χ4n) is 4.52. The van der Waals surface area contributed by atoms with Gasteiger partial charge in [0, 0.05) is 30.6 Å². The highest BCUT2D eigenvalue weighted by molar-refractivity contribution is 7.93. The third-order valence-electron chi connectivity index (χ3n) is 6.44. The molecule has 4 rings (SSSR count). The first-order chi connectivity index (χ1) is 17.9. The van der Waals surface area contributed by atoms with Crippen LogP contribution in [0.4, 0.5) is 10.1 Å². The van der Waals surface area contributed by atoms with E-state index in [2.05, 4.69) is 5.10 Å². The van der Waals surface area contributed by atoms with Crippen molar-refractivity contribution >= 4 is 56.3 Å². The van der Waals surface area contributed by atoms with Gasteiger partial charge in [0.2, 0.25) is 0 Å². The number of aryl methyl sites for hydroxylation is 1. The van der Waals surface area contributed by atoms with Crippen LogP contribution < -0.4 is 9.04 Å². The first-order valence-corrected chi connectivity index (χ1v) is 14.3. The van der Waals surface area contributed by atoms with Gasteiger partial charge in [-0.1, -0.05) is 48.3 Å². The van der Waals surface area contributed by atoms with Crippen LogP contribution in [0.2, 0.25) is 10.2 Å². The maximum atomic E-state index is 14.5. The minimum atomic E-state index is -4.15. The largest absolute Gasteiger partial charge is 0.486 e. The molecule has 0 fully saturated rings. The van der Waals surface area contributed by atoms with Crippen molar-refractivity contribution in [3.05, 3.63) is 69.7 Å². The summed E-state index contributed by atoms with van der Waals surface area (Å²) in [5.74, 6) is -0.367. The summed E-state index contributed by atoms with van der Waals surface area (Å²) in [6, 6.07) is 9.55. The molecule has 202 valence electrons. The van der Waals surface area contributed by atoms with Crippen LogP contribution in [-0.2, 0) is 21.4 Å². The van der Waals surface area contributed by atoms with Crippen molar-refractivity contribution in [3.63, 3.8) is 0 Å². The molecular formula is C27H28Cl2FN3O4S. The van der Waals surface area contributed by atoms with Crippen molar-refractivity contribution in [3.8, 4) is 5.75 Å². The summed E-state index contributed by atoms with van der Waals surface area (Å²) in [5, 5.41) is 4.23. The van der Waals surface area contributed by atoms with Gasteiger partial charge in [-0.2, -0.15) is 5.10 Å². The molecule has 0 saturated carbocycles. The van der Waals surface area contributed by atoms with Gasteiger partial charge in [0.05, 0.1) is 17.3 Å². The number of nitrogens with zero attached hydrogens (tertiary/aromatic N) is 3. The van der Waals surface area contributed by atoms with E-state index in [9.17, 15) is 17.6 Å².